The van der Waals surface area contributed by atoms with Crippen molar-refractivity contribution in [2.24, 2.45) is 0 Å². The summed E-state index contributed by atoms with van der Waals surface area (Å²) in [4.78, 5) is 11.9. The van der Waals surface area contributed by atoms with Gasteiger partial charge < -0.3 is 15.6 Å². The van der Waals surface area contributed by atoms with Crippen LogP contribution in [0.3, 0.4) is 0 Å². The molecule has 23 heavy (non-hydrogen) atoms. The zero-order valence-electron chi connectivity index (χ0n) is 12.4. The van der Waals surface area contributed by atoms with E-state index in [2.05, 4.69) is 0 Å². The van der Waals surface area contributed by atoms with Crippen molar-refractivity contribution in [2.45, 2.75) is 0 Å². The lowest BCUT2D eigenvalue weighted by molar-refractivity contribution is 0.0603. The number of aromatic hydroxyl groups is 1. The van der Waals surface area contributed by atoms with Gasteiger partial charge >= 0.3 is 5.97 Å². The lowest BCUT2D eigenvalue weighted by atomic mass is 9.99. The summed E-state index contributed by atoms with van der Waals surface area (Å²) in [5.74, 6) is -0.209. The Morgan fingerprint density at radius 2 is 1.65 bits per heavy atom. The molecule has 0 spiro atoms. The second-order valence-corrected chi connectivity index (χ2v) is 5.89. The second kappa shape index (κ2) is 6.14. The summed E-state index contributed by atoms with van der Waals surface area (Å²) in [6, 6.07) is 14.8. The van der Waals surface area contributed by atoms with E-state index < -0.39 is 5.97 Å². The smallest absolute Gasteiger partial charge is 0.341 e. The van der Waals surface area contributed by atoms with Gasteiger partial charge in [-0.25, -0.2) is 4.79 Å². The molecule has 0 radical (unpaired) electrons. The first-order chi connectivity index (χ1) is 11.1. The fourth-order valence-electron chi connectivity index (χ4n) is 2.45. The number of benzene rings is 2. The van der Waals surface area contributed by atoms with Crippen LogP contribution in [0.5, 0.6) is 5.75 Å². The highest BCUT2D eigenvalue weighted by Gasteiger charge is 2.19. The molecule has 0 aliphatic heterocycles. The van der Waals surface area contributed by atoms with E-state index in [9.17, 15) is 9.90 Å². The Kier molecular flexibility index (Phi) is 4.04. The molecule has 1 aromatic heterocycles. The molecule has 3 aromatic rings. The number of rotatable bonds is 3. The van der Waals surface area contributed by atoms with Gasteiger partial charge in [0.25, 0.3) is 0 Å². The maximum absolute atomic E-state index is 11.9. The van der Waals surface area contributed by atoms with Crippen molar-refractivity contribution in [3.8, 4) is 28.0 Å². The molecule has 0 aliphatic carbocycles. The van der Waals surface area contributed by atoms with E-state index in [0.717, 1.165) is 22.3 Å². The number of esters is 1. The van der Waals surface area contributed by atoms with Crippen LogP contribution >= 0.6 is 11.3 Å². The van der Waals surface area contributed by atoms with Gasteiger partial charge in [0.2, 0.25) is 0 Å². The fraction of sp³-hybridized carbons (Fsp3) is 0.0556. The van der Waals surface area contributed by atoms with Crippen molar-refractivity contribution >= 4 is 22.3 Å². The summed E-state index contributed by atoms with van der Waals surface area (Å²) < 4.78 is 4.80. The topological polar surface area (TPSA) is 72.5 Å². The fourth-order valence-corrected chi connectivity index (χ4v) is 3.25. The van der Waals surface area contributed by atoms with Crippen LogP contribution in [0.4, 0.5) is 5.00 Å². The second-order valence-electron chi connectivity index (χ2n) is 4.97. The number of carbonyl (C=O) groups excluding carboxylic acids is 1. The monoisotopic (exact) mass is 325 g/mol. The first-order valence-corrected chi connectivity index (χ1v) is 7.84. The zero-order valence-corrected chi connectivity index (χ0v) is 13.3. The third-order valence-corrected chi connectivity index (χ3v) is 4.43. The van der Waals surface area contributed by atoms with Crippen LogP contribution in [0.25, 0.3) is 22.3 Å². The van der Waals surface area contributed by atoms with E-state index in [1.54, 1.807) is 12.1 Å². The van der Waals surface area contributed by atoms with Gasteiger partial charge in [0.1, 0.15) is 16.3 Å². The number of carbonyl (C=O) groups is 1. The molecule has 4 nitrogen and oxygen atoms in total. The lowest BCUT2D eigenvalue weighted by Gasteiger charge is -2.07. The number of anilines is 1. The maximum atomic E-state index is 11.9. The van der Waals surface area contributed by atoms with Gasteiger partial charge in [-0.2, -0.15) is 0 Å². The molecule has 0 amide bonds. The highest BCUT2D eigenvalue weighted by atomic mass is 32.1. The minimum Gasteiger partial charge on any atom is -0.507 e. The van der Waals surface area contributed by atoms with Crippen molar-refractivity contribution < 1.29 is 14.6 Å². The molecule has 3 rings (SSSR count). The number of methoxy groups -OCH3 is 1. The summed E-state index contributed by atoms with van der Waals surface area (Å²) >= 11 is 1.31. The van der Waals surface area contributed by atoms with E-state index >= 15 is 0 Å². The van der Waals surface area contributed by atoms with Crippen LogP contribution in [0.2, 0.25) is 0 Å². The van der Waals surface area contributed by atoms with Gasteiger partial charge in [0.15, 0.2) is 0 Å². The number of hydrogen-bond donors (Lipinski definition) is 2. The van der Waals surface area contributed by atoms with Crippen LogP contribution in [-0.2, 0) is 4.74 Å². The Hall–Kier alpha value is -2.79. The maximum Gasteiger partial charge on any atom is 0.341 e. The van der Waals surface area contributed by atoms with E-state index in [1.165, 1.54) is 18.4 Å². The number of ether oxygens (including phenoxy) is 1. The summed E-state index contributed by atoms with van der Waals surface area (Å²) in [5, 5.41) is 12.2. The van der Waals surface area contributed by atoms with E-state index in [0.29, 0.717) is 10.6 Å². The van der Waals surface area contributed by atoms with Crippen LogP contribution in [0, 0.1) is 0 Å². The number of nitrogens with two attached hydrogens (primary N) is 1. The molecule has 0 saturated heterocycles. The number of phenolic OH excluding ortho intramolecular Hbond substituents is 1. The predicted molar refractivity (Wildman–Crippen MR) is 92.6 cm³/mol. The normalized spacial score (nSPS) is 10.5. The molecule has 0 atom stereocenters. The highest BCUT2D eigenvalue weighted by molar-refractivity contribution is 7.14. The molecule has 0 bridgehead atoms. The molecule has 0 unspecified atom stereocenters. The summed E-state index contributed by atoms with van der Waals surface area (Å²) in [7, 11) is 1.34. The number of thiophene rings is 1. The molecular formula is C18H15NO3S. The van der Waals surface area contributed by atoms with Crippen molar-refractivity contribution in [1.29, 1.82) is 0 Å². The molecule has 2 aromatic carbocycles. The van der Waals surface area contributed by atoms with E-state index in [1.807, 2.05) is 41.8 Å². The average molecular weight is 325 g/mol. The predicted octanol–water partition coefficient (Wildman–Crippen LogP) is 4.16. The van der Waals surface area contributed by atoms with Crippen LogP contribution < -0.4 is 5.73 Å². The van der Waals surface area contributed by atoms with Gasteiger partial charge in [0.05, 0.1) is 7.11 Å². The molecular weight excluding hydrogens is 310 g/mol. The van der Waals surface area contributed by atoms with Gasteiger partial charge in [-0.1, -0.05) is 42.5 Å². The van der Waals surface area contributed by atoms with Crippen molar-refractivity contribution in [2.75, 3.05) is 12.8 Å². The van der Waals surface area contributed by atoms with Gasteiger partial charge in [-0.05, 0) is 17.2 Å². The van der Waals surface area contributed by atoms with Crippen molar-refractivity contribution in [3.05, 3.63) is 59.5 Å². The molecule has 0 saturated carbocycles. The molecule has 5 heteroatoms. The van der Waals surface area contributed by atoms with Crippen LogP contribution in [0.1, 0.15) is 10.4 Å². The van der Waals surface area contributed by atoms with Crippen molar-refractivity contribution in [3.63, 3.8) is 0 Å². The number of nitrogen functional groups attached to an aromatic ring is 1. The minimum absolute atomic E-state index is 0.232. The summed E-state index contributed by atoms with van der Waals surface area (Å²) in [6.45, 7) is 0. The molecule has 0 fully saturated rings. The Labute approximate surface area is 137 Å². The van der Waals surface area contributed by atoms with Gasteiger partial charge in [-0.3, -0.25) is 0 Å². The SMILES string of the molecule is COC(=O)c1c(-c2ccc(-c3ccccc3O)cc2)csc1N. The quantitative estimate of drug-likeness (QED) is 0.709. The molecule has 116 valence electrons. The van der Waals surface area contributed by atoms with Crippen LogP contribution in [-0.4, -0.2) is 18.2 Å². The Bertz CT molecular complexity index is 853. The Morgan fingerprint density at radius 1 is 1.04 bits per heavy atom. The van der Waals surface area contributed by atoms with Gasteiger partial charge in [-0.15, -0.1) is 11.3 Å². The Balaban J connectivity index is 2.01. The average Bonchev–Trinajstić information content (AvgIpc) is 2.96. The third-order valence-electron chi connectivity index (χ3n) is 3.62. The first kappa shape index (κ1) is 15.1. The van der Waals surface area contributed by atoms with Crippen LogP contribution in [0.15, 0.2) is 53.9 Å². The van der Waals surface area contributed by atoms with Crippen molar-refractivity contribution in [1.82, 2.24) is 0 Å². The Morgan fingerprint density at radius 3 is 2.26 bits per heavy atom. The molecule has 0 aliphatic rings. The van der Waals surface area contributed by atoms with E-state index in [-0.39, 0.29) is 5.75 Å². The highest BCUT2D eigenvalue weighted by Crippen LogP contribution is 2.36. The van der Waals surface area contributed by atoms with E-state index in [4.69, 9.17) is 10.5 Å². The minimum atomic E-state index is -0.441. The third kappa shape index (κ3) is 2.78. The number of hydrogen-bond acceptors (Lipinski definition) is 5. The largest absolute Gasteiger partial charge is 0.507 e. The molecule has 3 N–H and O–H groups in total. The summed E-state index contributed by atoms with van der Waals surface area (Å²) in [5.41, 5.74) is 9.56. The standard InChI is InChI=1S/C18H15NO3S/c1-22-18(21)16-14(10-23-17(16)19)12-8-6-11(7-9-12)13-4-2-3-5-15(13)20/h2-10,20H,19H2,1H3. The zero-order chi connectivity index (χ0) is 16.4. The number of phenols is 1. The number of para-hydroxylation sites is 1. The lowest BCUT2D eigenvalue weighted by Crippen LogP contribution is -2.04. The van der Waals surface area contributed by atoms with Gasteiger partial charge in [0, 0.05) is 16.5 Å². The summed E-state index contributed by atoms with van der Waals surface area (Å²) in [6.07, 6.45) is 0. The first-order valence-electron chi connectivity index (χ1n) is 6.96. The molecule has 1 heterocycles.